The van der Waals surface area contributed by atoms with Crippen molar-refractivity contribution in [3.63, 3.8) is 0 Å². The normalized spacial score (nSPS) is 12.4. The molecule has 0 radical (unpaired) electrons. The second-order valence-electron chi connectivity index (χ2n) is 7.26. The fourth-order valence-corrected chi connectivity index (χ4v) is 5.93. The van der Waals surface area contributed by atoms with Crippen LogP contribution in [0.1, 0.15) is 16.8 Å². The Morgan fingerprint density at radius 2 is 1.12 bits per heavy atom. The van der Waals surface area contributed by atoms with Gasteiger partial charge in [-0.1, -0.05) is 66.7 Å². The van der Waals surface area contributed by atoms with E-state index in [4.69, 9.17) is 0 Å². The summed E-state index contributed by atoms with van der Waals surface area (Å²) in [6, 6.07) is 20.0. The molecule has 3 aromatic carbocycles. The van der Waals surface area contributed by atoms with Crippen LogP contribution in [-0.2, 0) is 12.4 Å². The highest BCUT2D eigenvalue weighted by atomic mass is 31.1. The highest BCUT2D eigenvalue weighted by Crippen LogP contribution is 2.43. The molecular weight excluding hydrogens is 461 g/mol. The van der Waals surface area contributed by atoms with Gasteiger partial charge in [0.25, 0.3) is 0 Å². The summed E-state index contributed by atoms with van der Waals surface area (Å²) in [5.74, 6) is 0. The quantitative estimate of drug-likeness (QED) is 0.261. The van der Waals surface area contributed by atoms with E-state index in [1.807, 2.05) is 0 Å². The Morgan fingerprint density at radius 3 is 1.55 bits per heavy atom. The monoisotopic (exact) mass is 478 g/mol. The molecule has 33 heavy (non-hydrogen) atoms. The number of nitrogens with zero attached hydrogens (tertiary/aromatic N) is 2. The zero-order chi connectivity index (χ0) is 23.8. The molecule has 4 rings (SSSR count). The highest BCUT2D eigenvalue weighted by Gasteiger charge is 2.42. The minimum Gasteiger partial charge on any atom is -0.298 e. The first kappa shape index (κ1) is 23.1. The van der Waals surface area contributed by atoms with Crippen LogP contribution >= 0.6 is 7.92 Å². The summed E-state index contributed by atoms with van der Waals surface area (Å²) in [4.78, 5) is 4.44. The fraction of sp³-hybridized carbons (Fsp3) is 0.125. The van der Waals surface area contributed by atoms with Crippen molar-refractivity contribution in [2.75, 3.05) is 0 Å². The average molecular weight is 478 g/mol. The van der Waals surface area contributed by atoms with Crippen molar-refractivity contribution in [1.82, 2.24) is 9.55 Å². The molecule has 0 bridgehead atoms. The van der Waals surface area contributed by atoms with Crippen LogP contribution in [0.15, 0.2) is 85.1 Å². The van der Waals surface area contributed by atoms with E-state index >= 15 is 0 Å². The van der Waals surface area contributed by atoms with E-state index in [1.165, 1.54) is 6.20 Å². The van der Waals surface area contributed by atoms with Crippen molar-refractivity contribution in [2.24, 2.45) is 0 Å². The molecule has 0 aliphatic heterocycles. The van der Waals surface area contributed by atoms with Crippen LogP contribution in [0, 0.1) is 6.92 Å². The van der Waals surface area contributed by atoms with Crippen LogP contribution in [0.25, 0.3) is 5.69 Å². The van der Waals surface area contributed by atoms with Gasteiger partial charge in [-0.05, 0) is 29.7 Å². The topological polar surface area (TPSA) is 17.8 Å². The van der Waals surface area contributed by atoms with Crippen molar-refractivity contribution in [2.45, 2.75) is 19.3 Å². The fourth-order valence-electron chi connectivity index (χ4n) is 3.60. The van der Waals surface area contributed by atoms with Crippen LogP contribution in [0.2, 0.25) is 0 Å². The molecular formula is C24H17F6N2P. The zero-order valence-electron chi connectivity index (χ0n) is 17.2. The molecule has 0 unspecified atom stereocenters. The molecule has 0 aliphatic carbocycles. The van der Waals surface area contributed by atoms with Crippen molar-refractivity contribution < 1.29 is 26.3 Å². The molecule has 0 saturated heterocycles. The summed E-state index contributed by atoms with van der Waals surface area (Å²) in [6.45, 7) is 1.55. The van der Waals surface area contributed by atoms with Crippen molar-refractivity contribution >= 4 is 24.1 Å². The molecule has 0 spiro atoms. The molecule has 4 aromatic rings. The summed E-state index contributed by atoms with van der Waals surface area (Å²) in [6.07, 6.45) is -8.75. The van der Waals surface area contributed by atoms with Gasteiger partial charge >= 0.3 is 12.4 Å². The van der Waals surface area contributed by atoms with Crippen LogP contribution in [0.5, 0.6) is 0 Å². The lowest BCUT2D eigenvalue weighted by atomic mass is 10.1. The van der Waals surface area contributed by atoms with E-state index in [-0.39, 0.29) is 5.57 Å². The molecule has 1 aromatic heterocycles. The second-order valence-corrected chi connectivity index (χ2v) is 9.36. The standard InChI is InChI=1S/C24H17F6N2P/c1-16-15-32(21-19(23(25,26)27)13-8-14-20(21)24(28,29)30)22(31-16)33(17-9-4-2-5-10-17)18-11-6-3-7-12-18/h2-15H,1H3. The predicted molar refractivity (Wildman–Crippen MR) is 117 cm³/mol. The third kappa shape index (κ3) is 4.67. The smallest absolute Gasteiger partial charge is 0.298 e. The van der Waals surface area contributed by atoms with Gasteiger partial charge in [-0.25, -0.2) is 4.98 Å². The number of benzene rings is 3. The van der Waals surface area contributed by atoms with Gasteiger partial charge < -0.3 is 0 Å². The summed E-state index contributed by atoms with van der Waals surface area (Å²) < 4.78 is 84.3. The van der Waals surface area contributed by atoms with Gasteiger partial charge in [0.15, 0.2) is 0 Å². The summed E-state index contributed by atoms with van der Waals surface area (Å²) >= 11 is 0. The van der Waals surface area contributed by atoms with Crippen LogP contribution in [0.3, 0.4) is 0 Å². The minimum absolute atomic E-state index is 0.127. The Morgan fingerprint density at radius 1 is 0.667 bits per heavy atom. The first-order chi connectivity index (χ1) is 15.6. The Hall–Kier alpha value is -3.12. The van der Waals surface area contributed by atoms with E-state index in [2.05, 4.69) is 4.98 Å². The SMILES string of the molecule is Cc1cn(-c2c(C(F)(F)F)cccc2C(F)(F)F)c(P(c2ccccc2)c2ccccc2)n1. The summed E-state index contributed by atoms with van der Waals surface area (Å²) in [5.41, 5.74) is -3.26. The maximum atomic E-state index is 13.9. The number of para-hydroxylation sites is 1. The lowest BCUT2D eigenvalue weighted by Gasteiger charge is -2.24. The number of imidazole rings is 1. The average Bonchev–Trinajstić information content (AvgIpc) is 3.14. The minimum atomic E-state index is -4.99. The molecule has 0 saturated carbocycles. The number of aromatic nitrogens is 2. The molecule has 170 valence electrons. The lowest BCUT2D eigenvalue weighted by molar-refractivity contribution is -0.142. The molecule has 1 heterocycles. The van der Waals surface area contributed by atoms with Crippen LogP contribution in [-0.4, -0.2) is 9.55 Å². The molecule has 0 N–H and O–H groups in total. The largest absolute Gasteiger partial charge is 0.418 e. The first-order valence-corrected chi connectivity index (χ1v) is 11.2. The van der Waals surface area contributed by atoms with Crippen molar-refractivity contribution in [3.05, 3.63) is 102 Å². The van der Waals surface area contributed by atoms with Crippen LogP contribution in [0.4, 0.5) is 26.3 Å². The molecule has 9 heteroatoms. The molecule has 2 nitrogen and oxygen atoms in total. The number of aryl methyl sites for hydroxylation is 1. The van der Waals surface area contributed by atoms with E-state index in [1.54, 1.807) is 67.6 Å². The first-order valence-electron chi connectivity index (χ1n) is 9.81. The van der Waals surface area contributed by atoms with Crippen molar-refractivity contribution in [3.8, 4) is 5.69 Å². The summed E-state index contributed by atoms with van der Waals surface area (Å²) in [7, 11) is -1.55. The van der Waals surface area contributed by atoms with Gasteiger partial charge in [-0.3, -0.25) is 4.57 Å². The van der Waals surface area contributed by atoms with Crippen molar-refractivity contribution in [1.29, 1.82) is 0 Å². The zero-order valence-corrected chi connectivity index (χ0v) is 18.1. The predicted octanol–water partition coefficient (Wildman–Crippen LogP) is 5.98. The van der Waals surface area contributed by atoms with Gasteiger partial charge in [0, 0.05) is 14.1 Å². The maximum Gasteiger partial charge on any atom is 0.418 e. The third-order valence-electron chi connectivity index (χ3n) is 4.92. The van der Waals surface area contributed by atoms with E-state index in [0.717, 1.165) is 21.2 Å². The van der Waals surface area contributed by atoms with Gasteiger partial charge in [0.2, 0.25) is 0 Å². The third-order valence-corrected chi connectivity index (χ3v) is 7.27. The van der Waals surface area contributed by atoms with Crippen LogP contribution < -0.4 is 16.2 Å². The number of hydrogen-bond acceptors (Lipinski definition) is 1. The number of rotatable bonds is 4. The molecule has 0 aliphatic rings. The molecule has 0 amide bonds. The molecule has 0 atom stereocenters. The van der Waals surface area contributed by atoms with Gasteiger partial charge in [0.05, 0.1) is 22.5 Å². The Bertz CT molecular complexity index is 1180. The van der Waals surface area contributed by atoms with Gasteiger partial charge in [-0.15, -0.1) is 0 Å². The van der Waals surface area contributed by atoms with E-state index < -0.39 is 37.1 Å². The Kier molecular flexibility index (Phi) is 6.06. The lowest BCUT2D eigenvalue weighted by Crippen LogP contribution is -2.29. The number of alkyl halides is 6. The van der Waals surface area contributed by atoms with Gasteiger partial charge in [-0.2, -0.15) is 26.3 Å². The van der Waals surface area contributed by atoms with Gasteiger partial charge in [0.1, 0.15) is 5.57 Å². The second kappa shape index (κ2) is 8.67. The van der Waals surface area contributed by atoms with E-state index in [9.17, 15) is 26.3 Å². The van der Waals surface area contributed by atoms with E-state index in [0.29, 0.717) is 17.8 Å². The molecule has 0 fully saturated rings. The number of halogens is 6. The number of hydrogen-bond donors (Lipinski definition) is 0. The Labute approximate surface area is 187 Å². The maximum absolute atomic E-state index is 13.9. The Balaban J connectivity index is 2.06. The summed E-state index contributed by atoms with van der Waals surface area (Å²) in [5, 5.41) is 1.51. The highest BCUT2D eigenvalue weighted by molar-refractivity contribution is 7.79.